The van der Waals surface area contributed by atoms with Crippen LogP contribution in [0.3, 0.4) is 0 Å². The van der Waals surface area contributed by atoms with Crippen LogP contribution in [-0.4, -0.2) is 44.6 Å². The smallest absolute Gasteiger partial charge is 0.276 e. The van der Waals surface area contributed by atoms with Crippen molar-refractivity contribution in [3.63, 3.8) is 0 Å². The lowest BCUT2D eigenvalue weighted by atomic mass is 9.92. The summed E-state index contributed by atoms with van der Waals surface area (Å²) in [5.41, 5.74) is 3.67. The molecule has 1 unspecified atom stereocenters. The van der Waals surface area contributed by atoms with E-state index in [9.17, 15) is 9.59 Å². The standard InChI is InChI=1S/C28H29N5O2/c1-32-16-13-26(31-32)27(34)30-25-9-3-2-8-23(25)28(35)33-15-5-6-20(12-17-33)18-21-10-11-24-22(19-21)7-4-14-29-24/h2-4,7-11,13-14,16,19-20H,5-6,12,15,17-18H2,1H3,(H,30,34). The Morgan fingerprint density at radius 1 is 1.03 bits per heavy atom. The minimum atomic E-state index is -0.327. The number of aromatic nitrogens is 3. The Morgan fingerprint density at radius 2 is 1.91 bits per heavy atom. The molecular weight excluding hydrogens is 438 g/mol. The number of para-hydroxylation sites is 1. The molecule has 3 heterocycles. The largest absolute Gasteiger partial charge is 0.339 e. The number of nitrogens with one attached hydrogen (secondary N) is 1. The van der Waals surface area contributed by atoms with Crippen molar-refractivity contribution in [3.8, 4) is 0 Å². The maximum absolute atomic E-state index is 13.5. The van der Waals surface area contributed by atoms with E-state index >= 15 is 0 Å². The number of carbonyl (C=O) groups is 2. The van der Waals surface area contributed by atoms with Crippen LogP contribution in [0, 0.1) is 5.92 Å². The van der Waals surface area contributed by atoms with Crippen LogP contribution >= 0.6 is 0 Å². The molecule has 0 spiro atoms. The van der Waals surface area contributed by atoms with Gasteiger partial charge in [0.05, 0.1) is 16.8 Å². The molecular formula is C28H29N5O2. The van der Waals surface area contributed by atoms with Crippen LogP contribution in [0.15, 0.2) is 73.1 Å². The molecule has 2 amide bonds. The van der Waals surface area contributed by atoms with E-state index in [1.807, 2.05) is 29.3 Å². The third-order valence-corrected chi connectivity index (χ3v) is 6.68. The fourth-order valence-corrected chi connectivity index (χ4v) is 4.83. The van der Waals surface area contributed by atoms with Gasteiger partial charge in [-0.2, -0.15) is 5.10 Å². The van der Waals surface area contributed by atoms with Crippen LogP contribution in [0.25, 0.3) is 10.9 Å². The van der Waals surface area contributed by atoms with Gasteiger partial charge in [-0.15, -0.1) is 0 Å². The minimum absolute atomic E-state index is 0.0423. The van der Waals surface area contributed by atoms with E-state index < -0.39 is 0 Å². The number of anilines is 1. The quantitative estimate of drug-likeness (QED) is 0.461. The topological polar surface area (TPSA) is 80.1 Å². The van der Waals surface area contributed by atoms with Crippen molar-refractivity contribution in [3.05, 3.63) is 89.9 Å². The summed E-state index contributed by atoms with van der Waals surface area (Å²) < 4.78 is 1.58. The van der Waals surface area contributed by atoms with E-state index in [1.54, 1.807) is 36.1 Å². The minimum Gasteiger partial charge on any atom is -0.339 e. The van der Waals surface area contributed by atoms with E-state index in [4.69, 9.17) is 0 Å². The van der Waals surface area contributed by atoms with Crippen LogP contribution in [0.1, 0.15) is 45.7 Å². The monoisotopic (exact) mass is 467 g/mol. The first-order valence-corrected chi connectivity index (χ1v) is 12.1. The van der Waals surface area contributed by atoms with Crippen LogP contribution in [-0.2, 0) is 13.5 Å². The van der Waals surface area contributed by atoms with Gasteiger partial charge < -0.3 is 10.2 Å². The average Bonchev–Trinajstić information content (AvgIpc) is 3.18. The number of aryl methyl sites for hydroxylation is 1. The van der Waals surface area contributed by atoms with Gasteiger partial charge in [0.25, 0.3) is 11.8 Å². The molecule has 0 aliphatic carbocycles. The zero-order chi connectivity index (χ0) is 24.2. The summed E-state index contributed by atoms with van der Waals surface area (Å²) in [5, 5.41) is 8.18. The van der Waals surface area contributed by atoms with Crippen LogP contribution < -0.4 is 5.32 Å². The number of hydrogen-bond donors (Lipinski definition) is 1. The van der Waals surface area contributed by atoms with Crippen molar-refractivity contribution in [1.29, 1.82) is 0 Å². The Balaban J connectivity index is 1.25. The molecule has 5 rings (SSSR count). The molecule has 1 aliphatic rings. The summed E-state index contributed by atoms with van der Waals surface area (Å²) in [6.45, 7) is 1.43. The highest BCUT2D eigenvalue weighted by Crippen LogP contribution is 2.26. The fraction of sp³-hybridized carbons (Fsp3) is 0.286. The Labute approximate surface area is 204 Å². The highest BCUT2D eigenvalue weighted by atomic mass is 16.2. The van der Waals surface area contributed by atoms with Gasteiger partial charge in [-0.25, -0.2) is 0 Å². The Hall–Kier alpha value is -4.00. The molecule has 1 atom stereocenters. The number of pyridine rings is 1. The summed E-state index contributed by atoms with van der Waals surface area (Å²) in [4.78, 5) is 32.4. The number of fused-ring (bicyclic) bond motifs is 1. The van der Waals surface area contributed by atoms with Gasteiger partial charge >= 0.3 is 0 Å². The molecule has 4 aromatic rings. The zero-order valence-corrected chi connectivity index (χ0v) is 19.9. The second-order valence-corrected chi connectivity index (χ2v) is 9.20. The number of likely N-dealkylation sites (tertiary alicyclic amines) is 1. The summed E-state index contributed by atoms with van der Waals surface area (Å²) in [6, 6.07) is 19.4. The molecule has 1 fully saturated rings. The molecule has 2 aromatic heterocycles. The van der Waals surface area contributed by atoms with Crippen LogP contribution in [0.4, 0.5) is 5.69 Å². The summed E-state index contributed by atoms with van der Waals surface area (Å²) >= 11 is 0. The first kappa shape index (κ1) is 22.8. The molecule has 7 nitrogen and oxygen atoms in total. The van der Waals surface area contributed by atoms with Crippen LogP contribution in [0.2, 0.25) is 0 Å². The van der Waals surface area contributed by atoms with E-state index in [0.29, 0.717) is 29.4 Å². The van der Waals surface area contributed by atoms with Crippen LogP contribution in [0.5, 0.6) is 0 Å². The third kappa shape index (κ3) is 5.24. The molecule has 1 aliphatic heterocycles. The Morgan fingerprint density at radius 3 is 2.77 bits per heavy atom. The van der Waals surface area contributed by atoms with E-state index in [-0.39, 0.29) is 11.8 Å². The summed E-state index contributed by atoms with van der Waals surface area (Å²) in [6.07, 6.45) is 7.55. The third-order valence-electron chi connectivity index (χ3n) is 6.68. The maximum Gasteiger partial charge on any atom is 0.276 e. The molecule has 178 valence electrons. The molecule has 7 heteroatoms. The summed E-state index contributed by atoms with van der Waals surface area (Å²) in [5.74, 6) is 0.160. The Kier molecular flexibility index (Phi) is 6.57. The SMILES string of the molecule is Cn1ccc(C(=O)Nc2ccccc2C(=O)N2CCCC(Cc3ccc4ncccc4c3)CC2)n1. The molecule has 35 heavy (non-hydrogen) atoms. The highest BCUT2D eigenvalue weighted by Gasteiger charge is 2.24. The molecule has 0 radical (unpaired) electrons. The summed E-state index contributed by atoms with van der Waals surface area (Å²) in [7, 11) is 1.76. The second-order valence-electron chi connectivity index (χ2n) is 9.20. The molecule has 2 aromatic carbocycles. The molecule has 1 N–H and O–H groups in total. The number of rotatable bonds is 5. The van der Waals surface area contributed by atoms with Gasteiger partial charge in [0.15, 0.2) is 5.69 Å². The normalized spacial score (nSPS) is 16.1. The first-order chi connectivity index (χ1) is 17.1. The lowest BCUT2D eigenvalue weighted by molar-refractivity contribution is 0.0761. The van der Waals surface area contributed by atoms with Gasteiger partial charge in [-0.05, 0) is 73.6 Å². The van der Waals surface area contributed by atoms with Crippen molar-refractivity contribution >= 4 is 28.4 Å². The zero-order valence-electron chi connectivity index (χ0n) is 19.9. The van der Waals surface area contributed by atoms with Crippen molar-refractivity contribution in [2.75, 3.05) is 18.4 Å². The van der Waals surface area contributed by atoms with E-state index in [0.717, 1.165) is 37.7 Å². The van der Waals surface area contributed by atoms with Gasteiger partial charge in [0, 0.05) is 37.9 Å². The maximum atomic E-state index is 13.5. The number of carbonyl (C=O) groups excluding carboxylic acids is 2. The molecule has 0 bridgehead atoms. The Bertz CT molecular complexity index is 1360. The van der Waals surface area contributed by atoms with Gasteiger partial charge in [0.1, 0.15) is 0 Å². The molecule has 1 saturated heterocycles. The first-order valence-electron chi connectivity index (χ1n) is 12.1. The predicted molar refractivity (Wildman–Crippen MR) is 136 cm³/mol. The molecule has 0 saturated carbocycles. The lowest BCUT2D eigenvalue weighted by Gasteiger charge is -2.22. The van der Waals surface area contributed by atoms with E-state index in [2.05, 4.69) is 39.7 Å². The number of hydrogen-bond acceptors (Lipinski definition) is 4. The van der Waals surface area contributed by atoms with Gasteiger partial charge in [0.2, 0.25) is 0 Å². The average molecular weight is 468 g/mol. The van der Waals surface area contributed by atoms with Gasteiger partial charge in [-0.3, -0.25) is 19.3 Å². The number of nitrogens with zero attached hydrogens (tertiary/aromatic N) is 4. The second kappa shape index (κ2) is 10.1. The lowest BCUT2D eigenvalue weighted by Crippen LogP contribution is -2.33. The van der Waals surface area contributed by atoms with Crippen molar-refractivity contribution in [1.82, 2.24) is 19.7 Å². The fourth-order valence-electron chi connectivity index (χ4n) is 4.83. The van der Waals surface area contributed by atoms with Crippen molar-refractivity contribution in [2.24, 2.45) is 13.0 Å². The van der Waals surface area contributed by atoms with Gasteiger partial charge in [-0.1, -0.05) is 24.3 Å². The van der Waals surface area contributed by atoms with E-state index in [1.165, 1.54) is 10.9 Å². The highest BCUT2D eigenvalue weighted by molar-refractivity contribution is 6.08. The van der Waals surface area contributed by atoms with Crippen molar-refractivity contribution < 1.29 is 9.59 Å². The number of benzene rings is 2. The number of amides is 2. The predicted octanol–water partition coefficient (Wildman–Crippen LogP) is 4.71. The van der Waals surface area contributed by atoms with Crippen molar-refractivity contribution in [2.45, 2.75) is 25.7 Å².